The molecule has 16 heteroatoms. The van der Waals surface area contributed by atoms with Crippen molar-refractivity contribution in [3.05, 3.63) is 41.7 Å². The lowest BCUT2D eigenvalue weighted by atomic mass is 9.85. The first-order valence-electron chi connectivity index (χ1n) is 15.5. The van der Waals surface area contributed by atoms with E-state index in [0.717, 1.165) is 38.4 Å². The summed E-state index contributed by atoms with van der Waals surface area (Å²) in [5.74, 6) is -4.62. The maximum Gasteiger partial charge on any atom is 0.287 e. The van der Waals surface area contributed by atoms with Gasteiger partial charge in [-0.15, -0.1) is 5.10 Å². The number of hydrogen-bond donors (Lipinski definition) is 3. The van der Waals surface area contributed by atoms with Crippen LogP contribution in [0.5, 0.6) is 0 Å². The maximum absolute atomic E-state index is 14.4. The number of aliphatic hydroxyl groups is 1. The first-order valence-corrected chi connectivity index (χ1v) is 17.4. The number of Topliss-reactive ketones (excluding diaryl/α,β-unsaturated/α-hetero) is 1. The molecule has 15 nitrogen and oxygen atoms in total. The number of aliphatic imine (C=N–C) groups is 1. The molecule has 1 saturated heterocycles. The Balaban J connectivity index is 1.76. The molecule has 0 bridgehead atoms. The van der Waals surface area contributed by atoms with Crippen molar-refractivity contribution in [2.75, 3.05) is 12.8 Å². The van der Waals surface area contributed by atoms with Crippen molar-refractivity contribution in [1.82, 2.24) is 25.2 Å². The van der Waals surface area contributed by atoms with E-state index in [2.05, 4.69) is 20.6 Å². The summed E-state index contributed by atoms with van der Waals surface area (Å²) >= 11 is 0. The van der Waals surface area contributed by atoms with Gasteiger partial charge >= 0.3 is 0 Å². The Bertz CT molecular complexity index is 1690. The Kier molecular flexibility index (Phi) is 10.7. The minimum Gasteiger partial charge on any atom is -0.384 e. The first kappa shape index (κ1) is 35.5. The molecule has 254 valence electrons. The summed E-state index contributed by atoms with van der Waals surface area (Å²) in [4.78, 5) is 70.5. The van der Waals surface area contributed by atoms with Crippen LogP contribution < -0.4 is 11.1 Å². The average Bonchev–Trinajstić information content (AvgIpc) is 3.68. The van der Waals surface area contributed by atoms with Gasteiger partial charge in [-0.3, -0.25) is 24.0 Å². The molecular weight excluding hydrogens is 630 g/mol. The van der Waals surface area contributed by atoms with E-state index in [9.17, 15) is 37.5 Å². The number of benzene rings is 1. The molecule has 2 aromatic rings. The number of carbonyl (C=O) groups is 5. The van der Waals surface area contributed by atoms with Crippen LogP contribution in [0.25, 0.3) is 0 Å². The molecule has 4 rings (SSSR count). The van der Waals surface area contributed by atoms with Gasteiger partial charge in [-0.1, -0.05) is 49.5 Å². The predicted octanol–water partition coefficient (Wildman–Crippen LogP) is 0.862. The molecule has 1 aliphatic carbocycles. The van der Waals surface area contributed by atoms with Crippen molar-refractivity contribution in [2.45, 2.75) is 94.3 Å². The molecule has 0 spiro atoms. The van der Waals surface area contributed by atoms with Crippen LogP contribution in [0.3, 0.4) is 0 Å². The van der Waals surface area contributed by atoms with Gasteiger partial charge in [0.05, 0.1) is 34.4 Å². The van der Waals surface area contributed by atoms with Crippen LogP contribution >= 0.6 is 0 Å². The Morgan fingerprint density at radius 2 is 1.79 bits per heavy atom. The molecule has 0 radical (unpaired) electrons. The van der Waals surface area contributed by atoms with Crippen LogP contribution in [-0.2, 0) is 34.6 Å². The number of rotatable bonds is 11. The fraction of sp³-hybridized carbons (Fsp3) is 0.548. The van der Waals surface area contributed by atoms with Gasteiger partial charge < -0.3 is 21.1 Å². The summed E-state index contributed by atoms with van der Waals surface area (Å²) in [6.45, 7) is 4.27. The molecule has 4 amide bonds. The minimum absolute atomic E-state index is 0.0109. The number of amides is 4. The predicted molar refractivity (Wildman–Crippen MR) is 169 cm³/mol. The molecule has 47 heavy (non-hydrogen) atoms. The number of hydrogen-bond acceptors (Lipinski definition) is 10. The lowest BCUT2D eigenvalue weighted by Gasteiger charge is -2.27. The number of carbonyl (C=O) groups excluding carboxylic acids is 5. The maximum atomic E-state index is 14.4. The number of sulfone groups is 1. The van der Waals surface area contributed by atoms with E-state index in [1.54, 1.807) is 0 Å². The SMILES string of the molecule is CC(NC(=O)[C@@H]1C[C@H](n2nncc2C(C)(C)O)CN1C(=O)C(CC1CCCCC1)=NC(=O)c1ccccc1S(C)(=O)=O)C(=O)C(N)=O. The number of ketones is 1. The highest BCUT2D eigenvalue weighted by Crippen LogP contribution is 2.33. The normalized spacial score (nSPS) is 20.1. The molecule has 3 atom stereocenters. The zero-order valence-electron chi connectivity index (χ0n) is 26.9. The summed E-state index contributed by atoms with van der Waals surface area (Å²) in [6, 6.07) is 2.46. The van der Waals surface area contributed by atoms with Crippen LogP contribution in [0.15, 0.2) is 40.4 Å². The van der Waals surface area contributed by atoms with Crippen molar-refractivity contribution >= 4 is 45.0 Å². The van der Waals surface area contributed by atoms with E-state index in [1.165, 1.54) is 60.8 Å². The van der Waals surface area contributed by atoms with E-state index >= 15 is 0 Å². The largest absolute Gasteiger partial charge is 0.384 e. The highest BCUT2D eigenvalue weighted by atomic mass is 32.2. The molecule has 1 aromatic heterocycles. The van der Waals surface area contributed by atoms with E-state index in [1.807, 2.05) is 0 Å². The Hall–Kier alpha value is -4.31. The average molecular weight is 672 g/mol. The van der Waals surface area contributed by atoms with Gasteiger partial charge in [0.15, 0.2) is 9.84 Å². The minimum atomic E-state index is -3.81. The van der Waals surface area contributed by atoms with Crippen molar-refractivity contribution in [3.8, 4) is 0 Å². The topological polar surface area (TPSA) is 224 Å². The number of likely N-dealkylation sites (tertiary alicyclic amines) is 1. The van der Waals surface area contributed by atoms with Gasteiger partial charge in [0.2, 0.25) is 11.7 Å². The van der Waals surface area contributed by atoms with Gasteiger partial charge in [0, 0.05) is 19.2 Å². The smallest absolute Gasteiger partial charge is 0.287 e. The van der Waals surface area contributed by atoms with Crippen LogP contribution in [0.1, 0.15) is 87.8 Å². The fourth-order valence-electron chi connectivity index (χ4n) is 6.16. The number of nitrogens with two attached hydrogens (primary N) is 1. The van der Waals surface area contributed by atoms with E-state index < -0.39 is 63.0 Å². The quantitative estimate of drug-likeness (QED) is 0.226. The lowest BCUT2D eigenvalue weighted by molar-refractivity contribution is -0.139. The summed E-state index contributed by atoms with van der Waals surface area (Å²) < 4.78 is 26.3. The molecule has 2 fully saturated rings. The van der Waals surface area contributed by atoms with Crippen LogP contribution in [-0.4, -0.2) is 93.4 Å². The van der Waals surface area contributed by atoms with Gasteiger partial charge in [0.1, 0.15) is 17.4 Å². The van der Waals surface area contributed by atoms with E-state index in [4.69, 9.17) is 5.73 Å². The van der Waals surface area contributed by atoms with E-state index in [0.29, 0.717) is 5.69 Å². The molecule has 1 saturated carbocycles. The second-order valence-corrected chi connectivity index (χ2v) is 14.8. The third-order valence-corrected chi connectivity index (χ3v) is 9.75. The number of aromatic nitrogens is 3. The third kappa shape index (κ3) is 8.35. The second kappa shape index (κ2) is 14.2. The Labute approximate surface area is 272 Å². The molecule has 1 aromatic carbocycles. The molecular formula is C31H41N7O8S. The fourth-order valence-corrected chi connectivity index (χ4v) is 7.05. The monoisotopic (exact) mass is 671 g/mol. The lowest BCUT2D eigenvalue weighted by Crippen LogP contribution is -2.52. The number of primary amides is 1. The summed E-state index contributed by atoms with van der Waals surface area (Å²) in [7, 11) is -3.81. The van der Waals surface area contributed by atoms with Crippen LogP contribution in [0, 0.1) is 5.92 Å². The summed E-state index contributed by atoms with van der Waals surface area (Å²) in [5, 5.41) is 21.2. The second-order valence-electron chi connectivity index (χ2n) is 12.8. The van der Waals surface area contributed by atoms with Gasteiger partial charge in [-0.2, -0.15) is 0 Å². The Morgan fingerprint density at radius 3 is 2.40 bits per heavy atom. The molecule has 1 aliphatic heterocycles. The number of nitrogens with one attached hydrogen (secondary N) is 1. The third-order valence-electron chi connectivity index (χ3n) is 8.59. The highest BCUT2D eigenvalue weighted by Gasteiger charge is 2.44. The molecule has 2 heterocycles. The molecule has 1 unspecified atom stereocenters. The van der Waals surface area contributed by atoms with E-state index in [-0.39, 0.29) is 41.5 Å². The van der Waals surface area contributed by atoms with Gasteiger partial charge in [-0.25, -0.2) is 18.1 Å². The van der Waals surface area contributed by atoms with Crippen molar-refractivity contribution in [2.24, 2.45) is 16.6 Å². The highest BCUT2D eigenvalue weighted by molar-refractivity contribution is 7.90. The zero-order valence-corrected chi connectivity index (χ0v) is 27.7. The zero-order chi connectivity index (χ0) is 34.7. The van der Waals surface area contributed by atoms with Crippen LogP contribution in [0.4, 0.5) is 0 Å². The first-order chi connectivity index (χ1) is 22.0. The van der Waals surface area contributed by atoms with Crippen molar-refractivity contribution in [1.29, 1.82) is 0 Å². The Morgan fingerprint density at radius 1 is 1.13 bits per heavy atom. The molecule has 2 aliphatic rings. The summed E-state index contributed by atoms with van der Waals surface area (Å²) in [5.41, 5.74) is 3.76. The van der Waals surface area contributed by atoms with Crippen molar-refractivity contribution < 1.29 is 37.5 Å². The van der Waals surface area contributed by atoms with Gasteiger partial charge in [-0.05, 0) is 45.2 Å². The van der Waals surface area contributed by atoms with Crippen molar-refractivity contribution in [3.63, 3.8) is 0 Å². The number of nitrogens with zero attached hydrogens (tertiary/aromatic N) is 5. The summed E-state index contributed by atoms with van der Waals surface area (Å²) in [6.07, 6.45) is 6.97. The molecule has 4 N–H and O–H groups in total. The van der Waals surface area contributed by atoms with Gasteiger partial charge in [0.25, 0.3) is 17.7 Å². The van der Waals surface area contributed by atoms with Crippen LogP contribution in [0.2, 0.25) is 0 Å². The standard InChI is InChI=1S/C31H41N7O8S/c1-18(26(39)27(32)40)34-29(42)23-15-20(38-25(16-33-36-38)31(2,3)44)17-37(23)30(43)22(14-19-10-6-5-7-11-19)35-28(41)21-12-8-9-13-24(21)47(4,45)46/h8-9,12-13,16,18-20,23,44H,5-7,10-11,14-15,17H2,1-4H3,(H2,32,40)(H,34,42)/t18?,20-,23-/m0/s1.